The number of aliphatic carboxylic acids is 1. The summed E-state index contributed by atoms with van der Waals surface area (Å²) in [5, 5.41) is 21.8. The second-order valence-electron chi connectivity index (χ2n) is 3.74. The van der Waals surface area contributed by atoms with Crippen LogP contribution in [0, 0.1) is 0 Å². The Labute approximate surface area is 108 Å². The van der Waals surface area contributed by atoms with Gasteiger partial charge in [-0.3, -0.25) is 9.59 Å². The van der Waals surface area contributed by atoms with E-state index in [4.69, 9.17) is 5.11 Å². The molecule has 1 amide bonds. The average molecular weight is 261 g/mol. The SMILES string of the molecule is O=C(O)Cc1nnnn1CC(=O)Nc1ccccc1. The molecule has 0 atom stereocenters. The summed E-state index contributed by atoms with van der Waals surface area (Å²) in [6.45, 7) is -0.134. The fourth-order valence-electron chi connectivity index (χ4n) is 1.47. The number of carboxylic acids is 1. The maximum absolute atomic E-state index is 11.7. The molecule has 1 aromatic heterocycles. The number of benzene rings is 1. The smallest absolute Gasteiger partial charge is 0.311 e. The lowest BCUT2D eigenvalue weighted by atomic mass is 10.3. The van der Waals surface area contributed by atoms with Gasteiger partial charge in [-0.2, -0.15) is 0 Å². The first-order chi connectivity index (χ1) is 9.15. The number of carboxylic acid groups (broad SMARTS) is 1. The summed E-state index contributed by atoms with van der Waals surface area (Å²) in [5.41, 5.74) is 0.653. The van der Waals surface area contributed by atoms with Gasteiger partial charge in [0.2, 0.25) is 5.91 Å². The maximum atomic E-state index is 11.7. The molecule has 2 rings (SSSR count). The molecule has 2 N–H and O–H groups in total. The molecule has 0 saturated carbocycles. The Morgan fingerprint density at radius 2 is 2.00 bits per heavy atom. The Balaban J connectivity index is 1.99. The van der Waals surface area contributed by atoms with E-state index in [-0.39, 0.29) is 24.7 Å². The van der Waals surface area contributed by atoms with Gasteiger partial charge in [-0.25, -0.2) is 4.68 Å². The van der Waals surface area contributed by atoms with Crippen LogP contribution in [0.5, 0.6) is 0 Å². The van der Waals surface area contributed by atoms with E-state index >= 15 is 0 Å². The lowest BCUT2D eigenvalue weighted by molar-refractivity contribution is -0.136. The second-order valence-corrected chi connectivity index (χ2v) is 3.74. The third-order valence-corrected chi connectivity index (χ3v) is 2.27. The predicted molar refractivity (Wildman–Crippen MR) is 64.2 cm³/mol. The summed E-state index contributed by atoms with van der Waals surface area (Å²) in [6.07, 6.45) is -0.328. The van der Waals surface area contributed by atoms with Crippen molar-refractivity contribution in [1.29, 1.82) is 0 Å². The van der Waals surface area contributed by atoms with E-state index in [9.17, 15) is 9.59 Å². The predicted octanol–water partition coefficient (Wildman–Crippen LogP) is -0.0611. The second kappa shape index (κ2) is 5.71. The van der Waals surface area contributed by atoms with Crippen LogP contribution in [0.4, 0.5) is 5.69 Å². The Bertz CT molecular complexity index is 581. The molecule has 0 unspecified atom stereocenters. The normalized spacial score (nSPS) is 10.1. The fourth-order valence-corrected chi connectivity index (χ4v) is 1.47. The van der Waals surface area contributed by atoms with Crippen molar-refractivity contribution in [2.45, 2.75) is 13.0 Å². The highest BCUT2D eigenvalue weighted by Crippen LogP contribution is 2.05. The zero-order valence-electron chi connectivity index (χ0n) is 9.85. The minimum atomic E-state index is -1.06. The van der Waals surface area contributed by atoms with Crippen molar-refractivity contribution < 1.29 is 14.7 Å². The molecule has 0 aliphatic heterocycles. The molecule has 1 heterocycles. The van der Waals surface area contributed by atoms with Crippen LogP contribution in [0.1, 0.15) is 5.82 Å². The fraction of sp³-hybridized carbons (Fsp3) is 0.182. The van der Waals surface area contributed by atoms with Gasteiger partial charge in [-0.15, -0.1) is 5.10 Å². The quantitative estimate of drug-likeness (QED) is 0.780. The van der Waals surface area contributed by atoms with Crippen molar-refractivity contribution >= 4 is 17.6 Å². The third kappa shape index (κ3) is 3.60. The summed E-state index contributed by atoms with van der Waals surface area (Å²) in [7, 11) is 0. The number of rotatable bonds is 5. The van der Waals surface area contributed by atoms with Gasteiger partial charge in [-0.1, -0.05) is 18.2 Å². The highest BCUT2D eigenvalue weighted by molar-refractivity contribution is 5.90. The number of aromatic nitrogens is 4. The number of tetrazole rings is 1. The molecule has 8 nitrogen and oxygen atoms in total. The van der Waals surface area contributed by atoms with Crippen molar-refractivity contribution in [1.82, 2.24) is 20.2 Å². The largest absolute Gasteiger partial charge is 0.481 e. The number of para-hydroxylation sites is 1. The van der Waals surface area contributed by atoms with Crippen LogP contribution in [0.3, 0.4) is 0 Å². The van der Waals surface area contributed by atoms with E-state index < -0.39 is 5.97 Å². The van der Waals surface area contributed by atoms with Crippen LogP contribution in [0.15, 0.2) is 30.3 Å². The average Bonchev–Trinajstić information content (AvgIpc) is 2.77. The van der Waals surface area contributed by atoms with Crippen molar-refractivity contribution in [3.05, 3.63) is 36.2 Å². The minimum absolute atomic E-state index is 0.134. The van der Waals surface area contributed by atoms with Gasteiger partial charge < -0.3 is 10.4 Å². The monoisotopic (exact) mass is 261 g/mol. The van der Waals surface area contributed by atoms with Crippen LogP contribution in [0.2, 0.25) is 0 Å². The van der Waals surface area contributed by atoms with Crippen LogP contribution in [0.25, 0.3) is 0 Å². The Kier molecular flexibility index (Phi) is 3.81. The molecule has 8 heteroatoms. The number of hydrogen-bond donors (Lipinski definition) is 2. The van der Waals surface area contributed by atoms with Gasteiger partial charge in [0.1, 0.15) is 13.0 Å². The lowest BCUT2D eigenvalue weighted by Gasteiger charge is -2.05. The van der Waals surface area contributed by atoms with E-state index in [2.05, 4.69) is 20.8 Å². The van der Waals surface area contributed by atoms with Crippen molar-refractivity contribution in [3.8, 4) is 0 Å². The first-order valence-corrected chi connectivity index (χ1v) is 5.47. The van der Waals surface area contributed by atoms with Gasteiger partial charge in [0, 0.05) is 5.69 Å². The molecule has 0 fully saturated rings. The van der Waals surface area contributed by atoms with Crippen molar-refractivity contribution in [3.63, 3.8) is 0 Å². The molecule has 0 radical (unpaired) electrons. The number of amides is 1. The van der Waals surface area contributed by atoms with E-state index in [0.717, 1.165) is 4.68 Å². The summed E-state index contributed by atoms with van der Waals surface area (Å²) in [4.78, 5) is 22.3. The molecule has 0 spiro atoms. The van der Waals surface area contributed by atoms with Gasteiger partial charge in [-0.05, 0) is 22.6 Å². The lowest BCUT2D eigenvalue weighted by Crippen LogP contribution is -2.22. The standard InChI is InChI=1S/C11H11N5O3/c17-10(12-8-4-2-1-3-5-8)7-16-9(6-11(18)19)13-14-15-16/h1-5H,6-7H2,(H,12,17)(H,18,19). The number of nitrogens with zero attached hydrogens (tertiary/aromatic N) is 4. The van der Waals surface area contributed by atoms with E-state index in [0.29, 0.717) is 5.69 Å². The number of carbonyl (C=O) groups excluding carboxylic acids is 1. The molecular formula is C11H11N5O3. The highest BCUT2D eigenvalue weighted by Gasteiger charge is 2.13. The summed E-state index contributed by atoms with van der Waals surface area (Å²) in [6, 6.07) is 8.91. The molecule has 2 aromatic rings. The molecule has 98 valence electrons. The van der Waals surface area contributed by atoms with Crippen LogP contribution in [-0.4, -0.2) is 37.2 Å². The molecule has 0 saturated heterocycles. The van der Waals surface area contributed by atoms with Crippen molar-refractivity contribution in [2.24, 2.45) is 0 Å². The topological polar surface area (TPSA) is 110 Å². The van der Waals surface area contributed by atoms with Gasteiger partial charge >= 0.3 is 5.97 Å². The van der Waals surface area contributed by atoms with Gasteiger partial charge in [0.25, 0.3) is 0 Å². The summed E-state index contributed by atoms with van der Waals surface area (Å²) < 4.78 is 1.16. The van der Waals surface area contributed by atoms with Crippen molar-refractivity contribution in [2.75, 3.05) is 5.32 Å². The molecule has 0 aliphatic rings. The Morgan fingerprint density at radius 1 is 1.26 bits per heavy atom. The molecule has 0 bridgehead atoms. The molecule has 1 aromatic carbocycles. The Morgan fingerprint density at radius 3 is 2.68 bits per heavy atom. The zero-order chi connectivity index (χ0) is 13.7. The number of carbonyl (C=O) groups is 2. The van der Waals surface area contributed by atoms with Gasteiger partial charge in [0.15, 0.2) is 5.82 Å². The number of anilines is 1. The van der Waals surface area contributed by atoms with Crippen LogP contribution in [-0.2, 0) is 22.6 Å². The van der Waals surface area contributed by atoms with Gasteiger partial charge in [0.05, 0.1) is 0 Å². The summed E-state index contributed by atoms with van der Waals surface area (Å²) >= 11 is 0. The Hall–Kier alpha value is -2.77. The minimum Gasteiger partial charge on any atom is -0.481 e. The van der Waals surface area contributed by atoms with Crippen LogP contribution >= 0.6 is 0 Å². The first-order valence-electron chi connectivity index (χ1n) is 5.47. The number of hydrogen-bond acceptors (Lipinski definition) is 5. The third-order valence-electron chi connectivity index (χ3n) is 2.27. The zero-order valence-corrected chi connectivity index (χ0v) is 9.85. The highest BCUT2D eigenvalue weighted by atomic mass is 16.4. The van der Waals surface area contributed by atoms with E-state index in [1.54, 1.807) is 24.3 Å². The maximum Gasteiger partial charge on any atom is 0.311 e. The molecule has 19 heavy (non-hydrogen) atoms. The van der Waals surface area contributed by atoms with Crippen LogP contribution < -0.4 is 5.32 Å². The van der Waals surface area contributed by atoms with E-state index in [1.165, 1.54) is 0 Å². The summed E-state index contributed by atoms with van der Waals surface area (Å²) in [5.74, 6) is -1.25. The van der Waals surface area contributed by atoms with E-state index in [1.807, 2.05) is 6.07 Å². The first kappa shape index (κ1) is 12.7. The molecular weight excluding hydrogens is 250 g/mol. The molecule has 0 aliphatic carbocycles. The number of nitrogens with one attached hydrogen (secondary N) is 1.